The van der Waals surface area contributed by atoms with Crippen LogP contribution in [0.15, 0.2) is 34.1 Å². The van der Waals surface area contributed by atoms with Crippen molar-refractivity contribution in [3.63, 3.8) is 0 Å². The summed E-state index contributed by atoms with van der Waals surface area (Å²) in [4.78, 5) is 28.7. The van der Waals surface area contributed by atoms with E-state index in [0.717, 1.165) is 17.5 Å². The molecule has 1 amide bonds. The van der Waals surface area contributed by atoms with Crippen LogP contribution in [0.25, 0.3) is 11.0 Å². The molecule has 6 heteroatoms. The number of aromatic nitrogens is 2. The first kappa shape index (κ1) is 16.5. The molecule has 0 spiro atoms. The Hall–Kier alpha value is -1.82. The molecule has 0 fully saturated rings. The molecule has 0 aliphatic carbocycles. The summed E-state index contributed by atoms with van der Waals surface area (Å²) < 4.78 is 1.69. The molecule has 0 aliphatic heterocycles. The van der Waals surface area contributed by atoms with Crippen LogP contribution in [0, 0.1) is 0 Å². The Labute approximate surface area is 134 Å². The van der Waals surface area contributed by atoms with Gasteiger partial charge < -0.3 is 9.88 Å². The van der Waals surface area contributed by atoms with Crippen LogP contribution < -0.4 is 10.9 Å². The maximum Gasteiger partial charge on any atom is 0.283 e. The van der Waals surface area contributed by atoms with E-state index in [4.69, 9.17) is 0 Å². The molecule has 0 unspecified atom stereocenters. The van der Waals surface area contributed by atoms with Crippen molar-refractivity contribution in [2.75, 3.05) is 5.75 Å². The van der Waals surface area contributed by atoms with Gasteiger partial charge in [-0.25, -0.2) is 4.98 Å². The van der Waals surface area contributed by atoms with Crippen LogP contribution in [-0.2, 0) is 11.3 Å². The molecular weight excluding hydrogens is 298 g/mol. The second-order valence-electron chi connectivity index (χ2n) is 5.12. The fourth-order valence-corrected chi connectivity index (χ4v) is 2.88. The quantitative estimate of drug-likeness (QED) is 0.831. The number of nitrogens with zero attached hydrogens (tertiary/aromatic N) is 2. The Kier molecular flexibility index (Phi) is 5.60. The Morgan fingerprint density at radius 1 is 1.36 bits per heavy atom. The smallest absolute Gasteiger partial charge is 0.283 e. The highest BCUT2D eigenvalue weighted by atomic mass is 32.2. The Bertz CT molecular complexity index is 727. The van der Waals surface area contributed by atoms with E-state index in [1.165, 1.54) is 11.8 Å². The largest absolute Gasteiger partial charge is 0.353 e. The van der Waals surface area contributed by atoms with E-state index < -0.39 is 0 Å². The average molecular weight is 319 g/mol. The second kappa shape index (κ2) is 7.45. The van der Waals surface area contributed by atoms with Crippen LogP contribution in [0.4, 0.5) is 0 Å². The number of nitrogens with one attached hydrogen (secondary N) is 1. The normalized spacial score (nSPS) is 12.3. The zero-order valence-corrected chi connectivity index (χ0v) is 13.9. The van der Waals surface area contributed by atoms with Crippen molar-refractivity contribution in [3.8, 4) is 0 Å². The van der Waals surface area contributed by atoms with Gasteiger partial charge >= 0.3 is 0 Å². The highest BCUT2D eigenvalue weighted by molar-refractivity contribution is 7.99. The van der Waals surface area contributed by atoms with Gasteiger partial charge in [0.15, 0.2) is 5.03 Å². The van der Waals surface area contributed by atoms with Gasteiger partial charge in [-0.05, 0) is 32.4 Å². The fraction of sp³-hybridized carbons (Fsp3) is 0.438. The van der Waals surface area contributed by atoms with Crippen molar-refractivity contribution in [2.24, 2.45) is 0 Å². The van der Waals surface area contributed by atoms with E-state index in [1.807, 2.05) is 45.0 Å². The number of rotatable bonds is 6. The third kappa shape index (κ3) is 3.68. The minimum Gasteiger partial charge on any atom is -0.353 e. The number of hydrogen-bond donors (Lipinski definition) is 1. The van der Waals surface area contributed by atoms with E-state index in [0.29, 0.717) is 11.6 Å². The summed E-state index contributed by atoms with van der Waals surface area (Å²) in [6.07, 6.45) is 0.882. The van der Waals surface area contributed by atoms with E-state index in [9.17, 15) is 9.59 Å². The minimum absolute atomic E-state index is 0.0724. The average Bonchev–Trinajstić information content (AvgIpc) is 2.52. The van der Waals surface area contributed by atoms with Gasteiger partial charge in [0.05, 0.1) is 16.8 Å². The standard InChI is InChI=1S/C16H21N3O2S/c1-4-11(3)17-14(20)10-22-15-16(21)19(5-2)13-9-7-6-8-12(13)18-15/h6-9,11H,4-5,10H2,1-3H3,(H,17,20)/t11-/m1/s1. The van der Waals surface area contributed by atoms with E-state index in [1.54, 1.807) is 4.57 Å². The maximum absolute atomic E-state index is 12.5. The van der Waals surface area contributed by atoms with Crippen LogP contribution >= 0.6 is 11.8 Å². The van der Waals surface area contributed by atoms with Gasteiger partial charge in [-0.15, -0.1) is 0 Å². The summed E-state index contributed by atoms with van der Waals surface area (Å²) in [5.41, 5.74) is 1.46. The number of amides is 1. The topological polar surface area (TPSA) is 64.0 Å². The molecular formula is C16H21N3O2S. The number of hydrogen-bond acceptors (Lipinski definition) is 4. The number of benzene rings is 1. The van der Waals surface area contributed by atoms with Crippen LogP contribution in [0.3, 0.4) is 0 Å². The Balaban J connectivity index is 2.23. The molecule has 0 saturated carbocycles. The molecule has 1 aromatic carbocycles. The summed E-state index contributed by atoms with van der Waals surface area (Å²) in [5.74, 6) is 0.131. The minimum atomic E-state index is -0.137. The molecule has 1 heterocycles. The number of fused-ring (bicyclic) bond motifs is 1. The van der Waals surface area contributed by atoms with Gasteiger partial charge in [-0.3, -0.25) is 9.59 Å². The van der Waals surface area contributed by atoms with Crippen molar-refractivity contribution in [1.82, 2.24) is 14.9 Å². The molecule has 0 radical (unpaired) electrons. The molecule has 0 bridgehead atoms. The molecule has 22 heavy (non-hydrogen) atoms. The first-order chi connectivity index (χ1) is 10.6. The van der Waals surface area contributed by atoms with Crippen molar-refractivity contribution in [2.45, 2.75) is 44.8 Å². The lowest BCUT2D eigenvalue weighted by molar-refractivity contribution is -0.119. The molecule has 1 atom stereocenters. The van der Waals surface area contributed by atoms with E-state index >= 15 is 0 Å². The van der Waals surface area contributed by atoms with Gasteiger partial charge in [-0.1, -0.05) is 30.8 Å². The van der Waals surface area contributed by atoms with Crippen molar-refractivity contribution >= 4 is 28.7 Å². The first-order valence-corrected chi connectivity index (χ1v) is 8.47. The van der Waals surface area contributed by atoms with Gasteiger partial charge in [0.1, 0.15) is 0 Å². The Morgan fingerprint density at radius 3 is 2.77 bits per heavy atom. The summed E-state index contributed by atoms with van der Waals surface area (Å²) in [7, 11) is 0. The number of carbonyl (C=O) groups is 1. The third-order valence-corrected chi connectivity index (χ3v) is 4.44. The number of thioether (sulfide) groups is 1. The number of para-hydroxylation sites is 2. The summed E-state index contributed by atoms with van der Waals surface area (Å²) in [6, 6.07) is 7.69. The van der Waals surface area contributed by atoms with Crippen LogP contribution in [0.5, 0.6) is 0 Å². The van der Waals surface area contributed by atoms with Crippen molar-refractivity contribution in [1.29, 1.82) is 0 Å². The second-order valence-corrected chi connectivity index (χ2v) is 6.08. The highest BCUT2D eigenvalue weighted by Crippen LogP contribution is 2.16. The van der Waals surface area contributed by atoms with Gasteiger partial charge in [0.2, 0.25) is 5.91 Å². The lowest BCUT2D eigenvalue weighted by atomic mass is 10.3. The molecule has 5 nitrogen and oxygen atoms in total. The van der Waals surface area contributed by atoms with Crippen molar-refractivity contribution < 1.29 is 4.79 Å². The molecule has 0 saturated heterocycles. The summed E-state index contributed by atoms with van der Waals surface area (Å²) >= 11 is 1.20. The molecule has 2 rings (SSSR count). The molecule has 1 aromatic heterocycles. The maximum atomic E-state index is 12.5. The first-order valence-electron chi connectivity index (χ1n) is 7.48. The Morgan fingerprint density at radius 2 is 2.09 bits per heavy atom. The van der Waals surface area contributed by atoms with E-state index in [2.05, 4.69) is 10.3 Å². The molecule has 0 aliphatic rings. The van der Waals surface area contributed by atoms with Gasteiger partial charge in [-0.2, -0.15) is 0 Å². The highest BCUT2D eigenvalue weighted by Gasteiger charge is 2.13. The zero-order valence-electron chi connectivity index (χ0n) is 13.1. The lowest BCUT2D eigenvalue weighted by Gasteiger charge is -2.12. The summed E-state index contributed by atoms with van der Waals surface area (Å²) in [6.45, 7) is 6.48. The third-order valence-electron chi connectivity index (χ3n) is 3.50. The molecule has 118 valence electrons. The molecule has 2 aromatic rings. The molecule has 1 N–H and O–H groups in total. The van der Waals surface area contributed by atoms with Crippen molar-refractivity contribution in [3.05, 3.63) is 34.6 Å². The monoisotopic (exact) mass is 319 g/mol. The number of aryl methyl sites for hydroxylation is 1. The summed E-state index contributed by atoms with van der Waals surface area (Å²) in [5, 5.41) is 3.26. The van der Waals surface area contributed by atoms with E-state index in [-0.39, 0.29) is 23.3 Å². The predicted molar refractivity (Wildman–Crippen MR) is 90.3 cm³/mol. The predicted octanol–water partition coefficient (Wildman–Crippen LogP) is 2.42. The lowest BCUT2D eigenvalue weighted by Crippen LogP contribution is -2.33. The number of carbonyl (C=O) groups excluding carboxylic acids is 1. The van der Waals surface area contributed by atoms with Crippen LogP contribution in [0.2, 0.25) is 0 Å². The van der Waals surface area contributed by atoms with Crippen LogP contribution in [-0.4, -0.2) is 27.3 Å². The van der Waals surface area contributed by atoms with Gasteiger partial charge in [0.25, 0.3) is 5.56 Å². The fourth-order valence-electron chi connectivity index (χ4n) is 2.13. The van der Waals surface area contributed by atoms with Crippen LogP contribution in [0.1, 0.15) is 27.2 Å². The SMILES string of the molecule is CC[C@@H](C)NC(=O)CSc1nc2ccccc2n(CC)c1=O. The zero-order chi connectivity index (χ0) is 16.1. The van der Waals surface area contributed by atoms with Gasteiger partial charge in [0, 0.05) is 12.6 Å².